The number of amides is 1. The van der Waals surface area contributed by atoms with E-state index < -0.39 is 35.5 Å². The first-order valence-electron chi connectivity index (χ1n) is 7.35. The van der Waals surface area contributed by atoms with Gasteiger partial charge in [0.2, 0.25) is 0 Å². The monoisotopic (exact) mass is 382 g/mol. The fourth-order valence-electron chi connectivity index (χ4n) is 2.09. The smallest absolute Gasteiger partial charge is 0.418 e. The fourth-order valence-corrected chi connectivity index (χ4v) is 2.09. The first kappa shape index (κ1) is 19.9. The molecule has 140 valence electrons. The van der Waals surface area contributed by atoms with E-state index >= 15 is 0 Å². The van der Waals surface area contributed by atoms with Crippen LogP contribution in [0.25, 0.3) is 6.08 Å². The summed E-state index contributed by atoms with van der Waals surface area (Å²) in [6.07, 6.45) is -3.57. The van der Waals surface area contributed by atoms with Crippen molar-refractivity contribution in [3.8, 4) is 11.8 Å². The lowest BCUT2D eigenvalue weighted by atomic mass is 10.1. The van der Waals surface area contributed by atoms with Crippen LogP contribution < -0.4 is 10.1 Å². The van der Waals surface area contributed by atoms with Crippen molar-refractivity contribution in [1.82, 2.24) is 0 Å². The lowest BCUT2D eigenvalue weighted by molar-refractivity contribution is -0.137. The summed E-state index contributed by atoms with van der Waals surface area (Å²) in [7, 11) is 0. The van der Waals surface area contributed by atoms with Crippen LogP contribution in [-0.2, 0) is 11.0 Å². The predicted molar refractivity (Wildman–Crippen MR) is 86.7 cm³/mol. The molecule has 27 heavy (non-hydrogen) atoms. The summed E-state index contributed by atoms with van der Waals surface area (Å²) in [6, 6.07) is 10.9. The molecule has 2 aromatic rings. The van der Waals surface area contributed by atoms with E-state index in [-0.39, 0.29) is 5.75 Å². The van der Waals surface area contributed by atoms with Crippen molar-refractivity contribution in [1.29, 1.82) is 5.26 Å². The Bertz CT molecular complexity index is 884. The lowest BCUT2D eigenvalue weighted by Crippen LogP contribution is -2.17. The summed E-state index contributed by atoms with van der Waals surface area (Å²) >= 11 is 0. The molecule has 2 rings (SSSR count). The molecule has 0 bridgehead atoms. The van der Waals surface area contributed by atoms with Gasteiger partial charge < -0.3 is 10.1 Å². The third kappa shape index (κ3) is 5.54. The number of ether oxygens (including phenoxy) is 1. The van der Waals surface area contributed by atoms with Crippen molar-refractivity contribution in [2.75, 3.05) is 5.32 Å². The lowest BCUT2D eigenvalue weighted by Gasteiger charge is -2.13. The molecule has 0 heterocycles. The molecule has 2 aromatic carbocycles. The molecule has 0 aromatic heterocycles. The molecular weight excluding hydrogens is 371 g/mol. The van der Waals surface area contributed by atoms with Gasteiger partial charge in [-0.25, -0.2) is 0 Å². The van der Waals surface area contributed by atoms with Gasteiger partial charge in [-0.1, -0.05) is 24.3 Å². The van der Waals surface area contributed by atoms with E-state index in [1.807, 2.05) is 0 Å². The van der Waals surface area contributed by atoms with E-state index in [4.69, 9.17) is 5.26 Å². The zero-order valence-electron chi connectivity index (χ0n) is 13.4. The first-order chi connectivity index (χ1) is 12.7. The Kier molecular flexibility index (Phi) is 6.13. The zero-order valence-corrected chi connectivity index (χ0v) is 13.4. The van der Waals surface area contributed by atoms with Crippen LogP contribution in [0.2, 0.25) is 0 Å². The topological polar surface area (TPSA) is 62.1 Å². The number of alkyl halides is 5. The minimum Gasteiger partial charge on any atom is -0.435 e. The van der Waals surface area contributed by atoms with E-state index in [1.54, 1.807) is 6.07 Å². The molecule has 0 saturated carbocycles. The number of rotatable bonds is 5. The molecule has 0 radical (unpaired) electrons. The highest BCUT2D eigenvalue weighted by Gasteiger charge is 2.33. The summed E-state index contributed by atoms with van der Waals surface area (Å²) in [4.78, 5) is 12.1. The molecule has 1 amide bonds. The maximum absolute atomic E-state index is 13.0. The molecular formula is C18H11F5N2O2. The number of anilines is 1. The van der Waals surface area contributed by atoms with Crippen LogP contribution in [-0.4, -0.2) is 12.5 Å². The summed E-state index contributed by atoms with van der Waals surface area (Å²) in [5, 5.41) is 11.2. The second-order valence-electron chi connectivity index (χ2n) is 5.11. The van der Waals surface area contributed by atoms with Gasteiger partial charge in [-0.15, -0.1) is 0 Å². The standard InChI is InChI=1S/C18H11F5N2O2/c19-17(20)27-13-7-5-11(6-8-13)9-12(10-24)16(26)25-15-4-2-1-3-14(15)18(21,22)23/h1-9,17H,(H,25,26)/b12-9+. The Morgan fingerprint density at radius 1 is 1.11 bits per heavy atom. The van der Waals surface area contributed by atoms with E-state index in [9.17, 15) is 26.7 Å². The van der Waals surface area contributed by atoms with E-state index in [1.165, 1.54) is 36.4 Å². The molecule has 0 saturated heterocycles. The number of para-hydroxylation sites is 1. The van der Waals surface area contributed by atoms with Gasteiger partial charge in [0.05, 0.1) is 11.3 Å². The van der Waals surface area contributed by atoms with E-state index in [2.05, 4.69) is 10.1 Å². The predicted octanol–water partition coefficient (Wildman–Crippen LogP) is 4.85. The first-order valence-corrected chi connectivity index (χ1v) is 7.35. The number of benzene rings is 2. The second-order valence-corrected chi connectivity index (χ2v) is 5.11. The number of nitriles is 1. The highest BCUT2D eigenvalue weighted by molar-refractivity contribution is 6.10. The van der Waals surface area contributed by atoms with Gasteiger partial charge in [-0.05, 0) is 35.9 Å². The summed E-state index contributed by atoms with van der Waals surface area (Å²) < 4.78 is 67.3. The quantitative estimate of drug-likeness (QED) is 0.457. The Balaban J connectivity index is 2.22. The molecule has 0 atom stereocenters. The Hall–Kier alpha value is -3.41. The highest BCUT2D eigenvalue weighted by atomic mass is 19.4. The van der Waals surface area contributed by atoms with E-state index in [0.29, 0.717) is 5.56 Å². The van der Waals surface area contributed by atoms with E-state index in [0.717, 1.165) is 18.2 Å². The highest BCUT2D eigenvalue weighted by Crippen LogP contribution is 2.34. The summed E-state index contributed by atoms with van der Waals surface area (Å²) in [5.41, 5.74) is -1.71. The zero-order chi connectivity index (χ0) is 20.0. The van der Waals surface area contributed by atoms with Crippen molar-refractivity contribution in [3.05, 3.63) is 65.2 Å². The average Bonchev–Trinajstić information content (AvgIpc) is 2.60. The number of carbonyl (C=O) groups excluding carboxylic acids is 1. The molecule has 0 fully saturated rings. The molecule has 0 aliphatic heterocycles. The largest absolute Gasteiger partial charge is 0.435 e. The average molecular weight is 382 g/mol. The number of nitrogens with zero attached hydrogens (tertiary/aromatic N) is 1. The number of nitrogens with one attached hydrogen (secondary N) is 1. The van der Waals surface area contributed by atoms with Crippen molar-refractivity contribution < 1.29 is 31.5 Å². The minimum absolute atomic E-state index is 0.121. The summed E-state index contributed by atoms with van der Waals surface area (Å²) in [6.45, 7) is -3.00. The van der Waals surface area contributed by atoms with Gasteiger partial charge in [-0.2, -0.15) is 27.2 Å². The second kappa shape index (κ2) is 8.31. The molecule has 0 aliphatic carbocycles. The maximum Gasteiger partial charge on any atom is 0.418 e. The number of hydrogen-bond donors (Lipinski definition) is 1. The molecule has 0 spiro atoms. The van der Waals surface area contributed by atoms with Crippen LogP contribution >= 0.6 is 0 Å². The van der Waals surface area contributed by atoms with Gasteiger partial charge in [0.25, 0.3) is 5.91 Å². The Morgan fingerprint density at radius 2 is 1.74 bits per heavy atom. The van der Waals surface area contributed by atoms with Crippen LogP contribution in [0.15, 0.2) is 54.1 Å². The SMILES string of the molecule is N#C/C(=C\c1ccc(OC(F)F)cc1)C(=O)Nc1ccccc1C(F)(F)F. The van der Waals surface area contributed by atoms with Crippen LogP contribution in [0.3, 0.4) is 0 Å². The number of hydrogen-bond acceptors (Lipinski definition) is 3. The third-order valence-corrected chi connectivity index (χ3v) is 3.26. The molecule has 1 N–H and O–H groups in total. The van der Waals surface area contributed by atoms with Crippen molar-refractivity contribution in [2.45, 2.75) is 12.8 Å². The van der Waals surface area contributed by atoms with Gasteiger partial charge in [-0.3, -0.25) is 4.79 Å². The van der Waals surface area contributed by atoms with Crippen molar-refractivity contribution in [2.24, 2.45) is 0 Å². The third-order valence-electron chi connectivity index (χ3n) is 3.26. The normalized spacial score (nSPS) is 11.8. The van der Waals surface area contributed by atoms with Crippen LogP contribution in [0.5, 0.6) is 5.75 Å². The maximum atomic E-state index is 13.0. The van der Waals surface area contributed by atoms with Crippen LogP contribution in [0, 0.1) is 11.3 Å². The Labute approximate surface area is 150 Å². The van der Waals surface area contributed by atoms with Crippen LogP contribution in [0.4, 0.5) is 27.6 Å². The molecule has 0 aliphatic rings. The summed E-state index contributed by atoms with van der Waals surface area (Å²) in [5.74, 6) is -1.16. The van der Waals surface area contributed by atoms with Crippen molar-refractivity contribution in [3.63, 3.8) is 0 Å². The minimum atomic E-state index is -4.68. The van der Waals surface area contributed by atoms with Gasteiger partial charge in [0, 0.05) is 0 Å². The number of carbonyl (C=O) groups is 1. The Morgan fingerprint density at radius 3 is 2.30 bits per heavy atom. The fraction of sp³-hybridized carbons (Fsp3) is 0.111. The molecule has 9 heteroatoms. The van der Waals surface area contributed by atoms with Crippen molar-refractivity contribution >= 4 is 17.7 Å². The van der Waals surface area contributed by atoms with Crippen LogP contribution in [0.1, 0.15) is 11.1 Å². The van der Waals surface area contributed by atoms with Gasteiger partial charge in [0.15, 0.2) is 0 Å². The molecule has 0 unspecified atom stereocenters. The van der Waals surface area contributed by atoms with Gasteiger partial charge >= 0.3 is 12.8 Å². The number of halogens is 5. The molecule has 4 nitrogen and oxygen atoms in total. The van der Waals surface area contributed by atoms with Gasteiger partial charge in [0.1, 0.15) is 17.4 Å².